The smallest absolute Gasteiger partial charge is 0.289 e. The van der Waals surface area contributed by atoms with E-state index in [0.717, 1.165) is 28.2 Å². The Labute approximate surface area is 192 Å². The summed E-state index contributed by atoms with van der Waals surface area (Å²) < 4.78 is 11.0. The second-order valence-corrected chi connectivity index (χ2v) is 7.44. The summed E-state index contributed by atoms with van der Waals surface area (Å²) in [5.41, 5.74) is 7.47. The number of hydrazone groups is 1. The molecule has 0 aliphatic heterocycles. The van der Waals surface area contributed by atoms with Gasteiger partial charge in [0.15, 0.2) is 0 Å². The summed E-state index contributed by atoms with van der Waals surface area (Å²) in [6, 6.07) is 24.9. The topological polar surface area (TPSA) is 88.6 Å². The average Bonchev–Trinajstić information content (AvgIpc) is 3.35. The number of ether oxygens (including phenoxy) is 2. The monoisotopic (exact) mass is 440 g/mol. The number of benzene rings is 3. The Kier molecular flexibility index (Phi) is 6.80. The normalized spacial score (nSPS) is 10.8. The van der Waals surface area contributed by atoms with Crippen molar-refractivity contribution in [3.05, 3.63) is 101 Å². The van der Waals surface area contributed by atoms with E-state index in [2.05, 4.69) is 51.9 Å². The van der Waals surface area contributed by atoms with Crippen molar-refractivity contribution in [1.29, 1.82) is 0 Å². The number of aromatic amines is 1. The molecule has 0 atom stereocenters. The first-order valence-corrected chi connectivity index (χ1v) is 10.4. The summed E-state index contributed by atoms with van der Waals surface area (Å²) in [5.74, 6) is 1.10. The van der Waals surface area contributed by atoms with Crippen LogP contribution in [-0.4, -0.2) is 29.4 Å². The second kappa shape index (κ2) is 10.3. The van der Waals surface area contributed by atoms with E-state index in [1.54, 1.807) is 19.4 Å². The minimum absolute atomic E-state index is 0.312. The van der Waals surface area contributed by atoms with Gasteiger partial charge in [-0.3, -0.25) is 9.89 Å². The predicted octanol–water partition coefficient (Wildman–Crippen LogP) is 4.74. The lowest BCUT2D eigenvalue weighted by Crippen LogP contribution is -2.18. The quantitative estimate of drug-likeness (QED) is 0.306. The highest BCUT2D eigenvalue weighted by Crippen LogP contribution is 2.22. The summed E-state index contributed by atoms with van der Waals surface area (Å²) >= 11 is 0. The maximum Gasteiger partial charge on any atom is 0.289 e. The molecule has 33 heavy (non-hydrogen) atoms. The van der Waals surface area contributed by atoms with Crippen molar-refractivity contribution in [2.75, 3.05) is 7.11 Å². The first-order valence-electron chi connectivity index (χ1n) is 10.4. The minimum Gasteiger partial charge on any atom is -0.497 e. The number of carbonyl (C=O) groups excluding carboxylic acids is 1. The second-order valence-electron chi connectivity index (χ2n) is 7.44. The molecular formula is C26H24N4O3. The molecule has 0 unspecified atom stereocenters. The summed E-state index contributed by atoms with van der Waals surface area (Å²) in [6.07, 6.45) is 1.55. The zero-order chi connectivity index (χ0) is 23.0. The van der Waals surface area contributed by atoms with Crippen LogP contribution in [0.15, 0.2) is 84.0 Å². The van der Waals surface area contributed by atoms with Crippen LogP contribution >= 0.6 is 0 Å². The molecule has 1 aromatic heterocycles. The highest BCUT2D eigenvalue weighted by molar-refractivity contribution is 5.94. The first-order chi connectivity index (χ1) is 16.1. The van der Waals surface area contributed by atoms with E-state index in [-0.39, 0.29) is 5.91 Å². The lowest BCUT2D eigenvalue weighted by molar-refractivity contribution is 0.0950. The number of nitrogens with one attached hydrogen (secondary N) is 2. The van der Waals surface area contributed by atoms with Crippen LogP contribution in [0.5, 0.6) is 11.5 Å². The average molecular weight is 441 g/mol. The molecule has 0 aliphatic carbocycles. The van der Waals surface area contributed by atoms with Crippen LogP contribution in [0.3, 0.4) is 0 Å². The largest absolute Gasteiger partial charge is 0.497 e. The Hall–Kier alpha value is -4.39. The Balaban J connectivity index is 1.33. The predicted molar refractivity (Wildman–Crippen MR) is 128 cm³/mol. The van der Waals surface area contributed by atoms with Crippen molar-refractivity contribution in [2.24, 2.45) is 5.10 Å². The van der Waals surface area contributed by atoms with Gasteiger partial charge in [0, 0.05) is 5.56 Å². The molecule has 0 fully saturated rings. The maximum atomic E-state index is 12.4. The number of amides is 1. The molecular weight excluding hydrogens is 416 g/mol. The van der Waals surface area contributed by atoms with Crippen LogP contribution in [0.2, 0.25) is 0 Å². The van der Waals surface area contributed by atoms with Gasteiger partial charge in [-0.1, -0.05) is 42.0 Å². The lowest BCUT2D eigenvalue weighted by atomic mass is 10.1. The molecule has 4 rings (SSSR count). The molecule has 0 bridgehead atoms. The third kappa shape index (κ3) is 5.86. The molecule has 3 aromatic carbocycles. The zero-order valence-electron chi connectivity index (χ0n) is 18.4. The number of H-pyrrole nitrogens is 1. The summed E-state index contributed by atoms with van der Waals surface area (Å²) in [7, 11) is 1.60. The van der Waals surface area contributed by atoms with Crippen LogP contribution < -0.4 is 14.9 Å². The molecule has 0 saturated carbocycles. The highest BCUT2D eigenvalue weighted by Gasteiger charge is 2.10. The molecule has 7 nitrogen and oxygen atoms in total. The van der Waals surface area contributed by atoms with Gasteiger partial charge in [0.2, 0.25) is 0 Å². The molecule has 0 saturated heterocycles. The maximum absolute atomic E-state index is 12.4. The number of hydrogen-bond acceptors (Lipinski definition) is 5. The van der Waals surface area contributed by atoms with Crippen LogP contribution in [0.1, 0.15) is 27.2 Å². The van der Waals surface area contributed by atoms with Crippen molar-refractivity contribution in [1.82, 2.24) is 15.6 Å². The number of carbonyl (C=O) groups is 1. The molecule has 1 amide bonds. The Morgan fingerprint density at radius 1 is 1.03 bits per heavy atom. The Morgan fingerprint density at radius 3 is 2.58 bits per heavy atom. The van der Waals surface area contributed by atoms with Crippen molar-refractivity contribution in [2.45, 2.75) is 13.5 Å². The van der Waals surface area contributed by atoms with Gasteiger partial charge in [-0.05, 0) is 60.5 Å². The van der Waals surface area contributed by atoms with Gasteiger partial charge >= 0.3 is 0 Å². The minimum atomic E-state index is -0.383. The van der Waals surface area contributed by atoms with Crippen LogP contribution in [0, 0.1) is 6.92 Å². The number of aryl methyl sites for hydroxylation is 1. The number of nitrogens with zero attached hydrogens (tertiary/aromatic N) is 2. The van der Waals surface area contributed by atoms with Crippen molar-refractivity contribution < 1.29 is 14.3 Å². The molecule has 4 aromatic rings. The Bertz CT molecular complexity index is 1250. The Morgan fingerprint density at radius 2 is 1.82 bits per heavy atom. The summed E-state index contributed by atoms with van der Waals surface area (Å²) in [4.78, 5) is 12.4. The third-order valence-electron chi connectivity index (χ3n) is 4.97. The zero-order valence-corrected chi connectivity index (χ0v) is 18.4. The van der Waals surface area contributed by atoms with E-state index in [9.17, 15) is 4.79 Å². The van der Waals surface area contributed by atoms with E-state index in [1.165, 1.54) is 5.56 Å². The van der Waals surface area contributed by atoms with E-state index >= 15 is 0 Å². The van der Waals surface area contributed by atoms with E-state index in [1.807, 2.05) is 48.5 Å². The van der Waals surface area contributed by atoms with Gasteiger partial charge in [0.25, 0.3) is 5.91 Å². The van der Waals surface area contributed by atoms with E-state index in [0.29, 0.717) is 18.0 Å². The standard InChI is InChI=1S/C26H24N4O3/c1-18-6-8-19(9-7-18)17-33-22-12-10-21(11-13-22)24-15-25(29-28-24)26(31)30-27-16-20-4-3-5-23(14-20)32-2/h3-16H,17H2,1-2H3,(H,28,29)(H,30,31)/b27-16+. The fourth-order valence-corrected chi connectivity index (χ4v) is 3.11. The molecule has 166 valence electrons. The van der Waals surface area contributed by atoms with Gasteiger partial charge in [-0.25, -0.2) is 5.43 Å². The van der Waals surface area contributed by atoms with Gasteiger partial charge in [-0.2, -0.15) is 10.2 Å². The van der Waals surface area contributed by atoms with Crippen LogP contribution in [-0.2, 0) is 6.61 Å². The highest BCUT2D eigenvalue weighted by atomic mass is 16.5. The van der Waals surface area contributed by atoms with Crippen molar-refractivity contribution >= 4 is 12.1 Å². The lowest BCUT2D eigenvalue weighted by Gasteiger charge is -2.07. The SMILES string of the molecule is COc1cccc(/C=N/NC(=O)c2cc(-c3ccc(OCc4ccc(C)cc4)cc3)n[nH]2)c1. The van der Waals surface area contributed by atoms with Gasteiger partial charge in [0.05, 0.1) is 19.0 Å². The van der Waals surface area contributed by atoms with Crippen molar-refractivity contribution in [3.8, 4) is 22.8 Å². The number of hydrogen-bond donors (Lipinski definition) is 2. The van der Waals surface area contributed by atoms with Gasteiger partial charge < -0.3 is 9.47 Å². The molecule has 1 heterocycles. The molecule has 0 aliphatic rings. The van der Waals surface area contributed by atoms with Crippen molar-refractivity contribution in [3.63, 3.8) is 0 Å². The third-order valence-corrected chi connectivity index (χ3v) is 4.97. The number of methoxy groups -OCH3 is 1. The molecule has 0 radical (unpaired) electrons. The first kappa shape index (κ1) is 21.8. The molecule has 2 N–H and O–H groups in total. The summed E-state index contributed by atoms with van der Waals surface area (Å²) in [5, 5.41) is 11.0. The van der Waals surface area contributed by atoms with E-state index in [4.69, 9.17) is 9.47 Å². The molecule has 0 spiro atoms. The molecule has 7 heteroatoms. The van der Waals surface area contributed by atoms with Gasteiger partial charge in [0.1, 0.15) is 23.8 Å². The van der Waals surface area contributed by atoms with E-state index < -0.39 is 0 Å². The summed E-state index contributed by atoms with van der Waals surface area (Å²) in [6.45, 7) is 2.56. The van der Waals surface area contributed by atoms with Crippen LogP contribution in [0.25, 0.3) is 11.3 Å². The van der Waals surface area contributed by atoms with Gasteiger partial charge in [-0.15, -0.1) is 0 Å². The van der Waals surface area contributed by atoms with Crippen LogP contribution in [0.4, 0.5) is 0 Å². The fourth-order valence-electron chi connectivity index (χ4n) is 3.11. The number of rotatable bonds is 8. The number of aromatic nitrogens is 2. The fraction of sp³-hybridized carbons (Fsp3) is 0.115.